The number of amides is 1. The van der Waals surface area contributed by atoms with Gasteiger partial charge in [0.15, 0.2) is 0 Å². The Hall–Kier alpha value is -2.16. The minimum atomic E-state index is -0.0417. The number of pyridine rings is 1. The summed E-state index contributed by atoms with van der Waals surface area (Å²) in [6.45, 7) is 3.99. The highest BCUT2D eigenvalue weighted by atomic mass is 16.1. The second kappa shape index (κ2) is 5.68. The van der Waals surface area contributed by atoms with E-state index in [0.717, 1.165) is 5.69 Å². The van der Waals surface area contributed by atoms with Crippen LogP contribution in [-0.2, 0) is 0 Å². The molecule has 1 atom stereocenters. The van der Waals surface area contributed by atoms with Crippen molar-refractivity contribution in [3.63, 3.8) is 0 Å². The van der Waals surface area contributed by atoms with Crippen LogP contribution in [-0.4, -0.2) is 10.9 Å². The Morgan fingerprint density at radius 3 is 2.43 bits per heavy atom. The molecule has 1 N–H and O–H groups in total. The van der Waals surface area contributed by atoms with Gasteiger partial charge in [-0.1, -0.05) is 29.8 Å². The van der Waals surface area contributed by atoms with Crippen molar-refractivity contribution in [1.82, 2.24) is 10.3 Å². The van der Waals surface area contributed by atoms with E-state index >= 15 is 0 Å². The van der Waals surface area contributed by atoms with E-state index in [1.807, 2.05) is 19.1 Å². The van der Waals surface area contributed by atoms with Crippen molar-refractivity contribution < 1.29 is 4.79 Å². The summed E-state index contributed by atoms with van der Waals surface area (Å²) in [5.74, 6) is 0.523. The molecule has 1 aromatic carbocycles. The summed E-state index contributed by atoms with van der Waals surface area (Å²) in [6, 6.07) is 12.2. The summed E-state index contributed by atoms with van der Waals surface area (Å²) in [5, 5.41) is 3.17. The third kappa shape index (κ3) is 3.30. The highest BCUT2D eigenvalue weighted by molar-refractivity contribution is 5.94. The zero-order valence-electron chi connectivity index (χ0n) is 12.5. The second-order valence-corrected chi connectivity index (χ2v) is 5.89. The molecule has 1 saturated carbocycles. The molecule has 1 aromatic heterocycles. The summed E-state index contributed by atoms with van der Waals surface area (Å²) in [6.07, 6.45) is 4.01. The van der Waals surface area contributed by atoms with Gasteiger partial charge in [-0.3, -0.25) is 9.78 Å². The number of rotatable bonds is 4. The van der Waals surface area contributed by atoms with Gasteiger partial charge in [0.05, 0.1) is 11.6 Å². The molecule has 1 unspecified atom stereocenters. The van der Waals surface area contributed by atoms with Crippen LogP contribution < -0.4 is 5.32 Å². The van der Waals surface area contributed by atoms with Crippen LogP contribution in [0.1, 0.15) is 46.1 Å². The number of aryl methyl sites for hydroxylation is 2. The van der Waals surface area contributed by atoms with Gasteiger partial charge in [-0.25, -0.2) is 0 Å². The Balaban J connectivity index is 1.77. The summed E-state index contributed by atoms with van der Waals surface area (Å²) in [5.41, 5.74) is 3.97. The molecule has 0 saturated heterocycles. The fourth-order valence-electron chi connectivity index (χ4n) is 2.50. The Morgan fingerprint density at radius 1 is 1.14 bits per heavy atom. The zero-order valence-corrected chi connectivity index (χ0v) is 12.5. The number of carbonyl (C=O) groups excluding carboxylic acids is 1. The molecule has 3 rings (SSSR count). The lowest BCUT2D eigenvalue weighted by Crippen LogP contribution is -2.30. The van der Waals surface area contributed by atoms with Gasteiger partial charge in [0.1, 0.15) is 0 Å². The van der Waals surface area contributed by atoms with Gasteiger partial charge in [0, 0.05) is 11.9 Å². The van der Waals surface area contributed by atoms with E-state index in [1.165, 1.54) is 24.0 Å². The van der Waals surface area contributed by atoms with Gasteiger partial charge < -0.3 is 5.32 Å². The largest absolute Gasteiger partial charge is 0.345 e. The lowest BCUT2D eigenvalue weighted by molar-refractivity contribution is 0.0931. The van der Waals surface area contributed by atoms with Crippen LogP contribution in [0.3, 0.4) is 0 Å². The van der Waals surface area contributed by atoms with Gasteiger partial charge in [-0.15, -0.1) is 0 Å². The molecule has 0 bridgehead atoms. The fourth-order valence-corrected chi connectivity index (χ4v) is 2.50. The molecule has 0 aliphatic heterocycles. The molecule has 108 valence electrons. The van der Waals surface area contributed by atoms with Crippen LogP contribution >= 0.6 is 0 Å². The van der Waals surface area contributed by atoms with Crippen molar-refractivity contribution in [3.05, 3.63) is 65.0 Å². The van der Waals surface area contributed by atoms with Crippen LogP contribution in [0.2, 0.25) is 0 Å². The average molecular weight is 280 g/mol. The van der Waals surface area contributed by atoms with Crippen molar-refractivity contribution in [2.24, 2.45) is 5.92 Å². The quantitative estimate of drug-likeness (QED) is 0.930. The number of nitrogens with one attached hydrogen (secondary N) is 1. The molecule has 3 heteroatoms. The number of carbonyl (C=O) groups is 1. The Labute approximate surface area is 125 Å². The number of hydrogen-bond donors (Lipinski definition) is 1. The van der Waals surface area contributed by atoms with E-state index in [2.05, 4.69) is 41.5 Å². The van der Waals surface area contributed by atoms with E-state index < -0.39 is 0 Å². The van der Waals surface area contributed by atoms with Crippen molar-refractivity contribution >= 4 is 5.91 Å². The third-order valence-electron chi connectivity index (χ3n) is 3.99. The average Bonchev–Trinajstić information content (AvgIpc) is 3.31. The second-order valence-electron chi connectivity index (χ2n) is 5.89. The van der Waals surface area contributed by atoms with Gasteiger partial charge in [-0.05, 0) is 50.3 Å². The number of aromatic nitrogens is 1. The van der Waals surface area contributed by atoms with Crippen LogP contribution in [0.15, 0.2) is 42.6 Å². The topological polar surface area (TPSA) is 42.0 Å². The van der Waals surface area contributed by atoms with Crippen molar-refractivity contribution in [2.45, 2.75) is 32.7 Å². The highest BCUT2D eigenvalue weighted by Crippen LogP contribution is 2.41. The maximum absolute atomic E-state index is 12.4. The van der Waals surface area contributed by atoms with Crippen molar-refractivity contribution in [2.75, 3.05) is 0 Å². The first kappa shape index (κ1) is 13.8. The molecule has 3 nitrogen and oxygen atoms in total. The van der Waals surface area contributed by atoms with Crippen LogP contribution in [0.5, 0.6) is 0 Å². The smallest absolute Gasteiger partial charge is 0.253 e. The fraction of sp³-hybridized carbons (Fsp3) is 0.333. The molecule has 1 heterocycles. The first-order valence-electron chi connectivity index (χ1n) is 7.43. The first-order chi connectivity index (χ1) is 10.1. The molecule has 1 aliphatic rings. The van der Waals surface area contributed by atoms with E-state index in [9.17, 15) is 4.79 Å². The third-order valence-corrected chi connectivity index (χ3v) is 3.99. The summed E-state index contributed by atoms with van der Waals surface area (Å²) in [4.78, 5) is 16.6. The molecular weight excluding hydrogens is 260 g/mol. The summed E-state index contributed by atoms with van der Waals surface area (Å²) >= 11 is 0. The van der Waals surface area contributed by atoms with Gasteiger partial charge >= 0.3 is 0 Å². The van der Waals surface area contributed by atoms with Crippen LogP contribution in [0.4, 0.5) is 0 Å². The Bertz CT molecular complexity index is 627. The molecule has 1 aliphatic carbocycles. The minimum Gasteiger partial charge on any atom is -0.345 e. The minimum absolute atomic E-state index is 0.0417. The Kier molecular flexibility index (Phi) is 3.74. The highest BCUT2D eigenvalue weighted by Gasteiger charge is 2.33. The molecule has 1 fully saturated rings. The lowest BCUT2D eigenvalue weighted by atomic mass is 10.0. The van der Waals surface area contributed by atoms with Gasteiger partial charge in [0.25, 0.3) is 5.91 Å². The number of nitrogens with zero attached hydrogens (tertiary/aromatic N) is 1. The predicted octanol–water partition coefficient (Wildman–Crippen LogP) is 3.58. The summed E-state index contributed by atoms with van der Waals surface area (Å²) < 4.78 is 0. The van der Waals surface area contributed by atoms with E-state index in [-0.39, 0.29) is 11.9 Å². The molecular formula is C18H20N2O. The lowest BCUT2D eigenvalue weighted by Gasteiger charge is -2.19. The Morgan fingerprint density at radius 2 is 1.86 bits per heavy atom. The maximum Gasteiger partial charge on any atom is 0.253 e. The van der Waals surface area contributed by atoms with Gasteiger partial charge in [0.2, 0.25) is 0 Å². The molecule has 0 radical (unpaired) electrons. The first-order valence-corrected chi connectivity index (χ1v) is 7.43. The SMILES string of the molecule is Cc1ccc(C(NC(=O)c2ccc(C)nc2)C2CC2)cc1. The summed E-state index contributed by atoms with van der Waals surface area (Å²) in [7, 11) is 0. The van der Waals surface area contributed by atoms with E-state index in [1.54, 1.807) is 6.20 Å². The maximum atomic E-state index is 12.4. The zero-order chi connectivity index (χ0) is 14.8. The van der Waals surface area contributed by atoms with E-state index in [0.29, 0.717) is 11.5 Å². The number of benzene rings is 1. The monoisotopic (exact) mass is 280 g/mol. The molecule has 1 amide bonds. The van der Waals surface area contributed by atoms with Crippen LogP contribution in [0, 0.1) is 19.8 Å². The normalized spacial score (nSPS) is 15.5. The van der Waals surface area contributed by atoms with Crippen LogP contribution in [0.25, 0.3) is 0 Å². The predicted molar refractivity (Wildman–Crippen MR) is 83.1 cm³/mol. The standard InChI is InChI=1S/C18H20N2O/c1-12-3-6-14(7-4-12)17(15-9-10-15)20-18(21)16-8-5-13(2)19-11-16/h3-8,11,15,17H,9-10H2,1-2H3,(H,20,21). The van der Waals surface area contributed by atoms with E-state index in [4.69, 9.17) is 0 Å². The molecule has 21 heavy (non-hydrogen) atoms. The number of hydrogen-bond acceptors (Lipinski definition) is 2. The van der Waals surface area contributed by atoms with Crippen molar-refractivity contribution in [1.29, 1.82) is 0 Å². The molecule has 2 aromatic rings. The van der Waals surface area contributed by atoms with Crippen molar-refractivity contribution in [3.8, 4) is 0 Å². The van der Waals surface area contributed by atoms with Gasteiger partial charge in [-0.2, -0.15) is 0 Å². The molecule has 0 spiro atoms.